The van der Waals surface area contributed by atoms with E-state index in [4.69, 9.17) is 9.84 Å². The molecule has 1 atom stereocenters. The van der Waals surface area contributed by atoms with Crippen LogP contribution in [0.2, 0.25) is 0 Å². The Hall–Kier alpha value is -2.95. The van der Waals surface area contributed by atoms with E-state index in [0.717, 1.165) is 47.1 Å². The zero-order valence-electron chi connectivity index (χ0n) is 18.8. The van der Waals surface area contributed by atoms with E-state index in [0.29, 0.717) is 23.3 Å². The summed E-state index contributed by atoms with van der Waals surface area (Å²) in [6, 6.07) is 19.0. The summed E-state index contributed by atoms with van der Waals surface area (Å²) in [6.45, 7) is 7.55. The average Bonchev–Trinajstić information content (AvgIpc) is 2.79. The van der Waals surface area contributed by atoms with Crippen LogP contribution >= 0.6 is 0 Å². The van der Waals surface area contributed by atoms with Gasteiger partial charge in [-0.05, 0) is 84.2 Å². The molecule has 0 saturated carbocycles. The molecule has 32 heavy (non-hydrogen) atoms. The maximum atomic E-state index is 15.0. The number of halogens is 1. The molecule has 3 aromatic rings. The Morgan fingerprint density at radius 1 is 0.906 bits per heavy atom. The lowest BCUT2D eigenvalue weighted by atomic mass is 9.93. The van der Waals surface area contributed by atoms with Gasteiger partial charge in [0.05, 0.1) is 0 Å². The Morgan fingerprint density at radius 2 is 1.50 bits per heavy atom. The summed E-state index contributed by atoms with van der Waals surface area (Å²) >= 11 is 0. The zero-order chi connectivity index (χ0) is 23.1. The van der Waals surface area contributed by atoms with Gasteiger partial charge >= 0.3 is 0 Å². The largest absolute Gasteiger partial charge is 0.461 e. The Morgan fingerprint density at radius 3 is 2.09 bits per heavy atom. The van der Waals surface area contributed by atoms with Crippen molar-refractivity contribution in [1.82, 2.24) is 0 Å². The van der Waals surface area contributed by atoms with Crippen LogP contribution < -0.4 is 4.74 Å². The molecule has 0 amide bonds. The highest BCUT2D eigenvalue weighted by Crippen LogP contribution is 2.29. The molecule has 0 spiro atoms. The van der Waals surface area contributed by atoms with Gasteiger partial charge in [-0.1, -0.05) is 56.0 Å². The van der Waals surface area contributed by atoms with Crippen LogP contribution in [0.4, 0.5) is 4.39 Å². The molecular formula is C28H31FO3. The topological polar surface area (TPSA) is 49.7 Å². The van der Waals surface area contributed by atoms with Crippen LogP contribution in [-0.2, 0) is 25.7 Å². The van der Waals surface area contributed by atoms with Gasteiger partial charge in [0, 0.05) is 12.2 Å². The van der Waals surface area contributed by atoms with Crippen LogP contribution in [-0.4, -0.2) is 23.1 Å². The number of hydrogen-bond donors (Lipinski definition) is 2. The maximum absolute atomic E-state index is 15.0. The zero-order valence-corrected chi connectivity index (χ0v) is 18.8. The molecule has 3 rings (SSSR count). The first-order valence-electron chi connectivity index (χ1n) is 11.0. The smallest absolute Gasteiger partial charge is 0.219 e. The quantitative estimate of drug-likeness (QED) is 0.320. The molecule has 168 valence electrons. The van der Waals surface area contributed by atoms with Crippen molar-refractivity contribution in [1.29, 1.82) is 0 Å². The Kier molecular flexibility index (Phi) is 8.20. The van der Waals surface area contributed by atoms with E-state index < -0.39 is 6.29 Å². The van der Waals surface area contributed by atoms with Crippen molar-refractivity contribution in [3.05, 3.63) is 101 Å². The summed E-state index contributed by atoms with van der Waals surface area (Å²) < 4.78 is 20.4. The maximum Gasteiger partial charge on any atom is 0.219 e. The molecule has 3 aromatic carbocycles. The molecule has 0 aliphatic rings. The predicted molar refractivity (Wildman–Crippen MR) is 127 cm³/mol. The van der Waals surface area contributed by atoms with E-state index in [-0.39, 0.29) is 12.4 Å². The van der Waals surface area contributed by atoms with Gasteiger partial charge in [0.25, 0.3) is 0 Å². The number of rotatable bonds is 10. The van der Waals surface area contributed by atoms with Crippen LogP contribution in [0, 0.1) is 5.82 Å². The first kappa shape index (κ1) is 23.7. The van der Waals surface area contributed by atoms with Gasteiger partial charge in [0.2, 0.25) is 6.29 Å². The molecule has 0 aliphatic carbocycles. The average molecular weight is 435 g/mol. The molecule has 0 fully saturated rings. The molecule has 2 N–H and O–H groups in total. The summed E-state index contributed by atoms with van der Waals surface area (Å²) in [5.41, 5.74) is 6.27. The SMILES string of the molecule is C=C(C)C(O)Oc1ccc(CCc2ccc(-c3ccc(CCO)cc3CC)c(F)c2)cc1. The third kappa shape index (κ3) is 6.06. The summed E-state index contributed by atoms with van der Waals surface area (Å²) in [5.74, 6) is 0.362. The number of aliphatic hydroxyl groups excluding tert-OH is 2. The van der Waals surface area contributed by atoms with Crippen molar-refractivity contribution in [2.45, 2.75) is 45.8 Å². The van der Waals surface area contributed by atoms with Crippen molar-refractivity contribution in [3.8, 4) is 16.9 Å². The third-order valence-electron chi connectivity index (χ3n) is 5.57. The van der Waals surface area contributed by atoms with Crippen molar-refractivity contribution in [2.75, 3.05) is 6.61 Å². The fraction of sp³-hybridized carbons (Fsp3) is 0.286. The van der Waals surface area contributed by atoms with Gasteiger partial charge in [-0.2, -0.15) is 0 Å². The second-order valence-electron chi connectivity index (χ2n) is 8.09. The van der Waals surface area contributed by atoms with Crippen LogP contribution in [0.15, 0.2) is 72.8 Å². The second-order valence-corrected chi connectivity index (χ2v) is 8.09. The van der Waals surface area contributed by atoms with Gasteiger partial charge < -0.3 is 14.9 Å². The third-order valence-corrected chi connectivity index (χ3v) is 5.57. The van der Waals surface area contributed by atoms with Crippen LogP contribution in [0.25, 0.3) is 11.1 Å². The van der Waals surface area contributed by atoms with Gasteiger partial charge in [-0.15, -0.1) is 0 Å². The van der Waals surface area contributed by atoms with E-state index in [1.54, 1.807) is 13.0 Å². The Balaban J connectivity index is 1.68. The molecule has 0 heterocycles. The lowest BCUT2D eigenvalue weighted by Crippen LogP contribution is -2.15. The number of ether oxygens (including phenoxy) is 1. The number of aliphatic hydroxyl groups is 2. The van der Waals surface area contributed by atoms with E-state index in [1.165, 1.54) is 0 Å². The molecule has 0 aliphatic heterocycles. The molecule has 0 radical (unpaired) electrons. The monoisotopic (exact) mass is 434 g/mol. The molecular weight excluding hydrogens is 403 g/mol. The normalized spacial score (nSPS) is 11.9. The minimum Gasteiger partial charge on any atom is -0.461 e. The lowest BCUT2D eigenvalue weighted by molar-refractivity contribution is 0.0151. The molecule has 0 bridgehead atoms. The van der Waals surface area contributed by atoms with Gasteiger partial charge in [0.15, 0.2) is 0 Å². The minimum atomic E-state index is -1.01. The van der Waals surface area contributed by atoms with Crippen LogP contribution in [0.3, 0.4) is 0 Å². The first-order chi connectivity index (χ1) is 15.4. The van der Waals surface area contributed by atoms with E-state index in [1.807, 2.05) is 48.5 Å². The minimum absolute atomic E-state index is 0.109. The van der Waals surface area contributed by atoms with Gasteiger partial charge in [0.1, 0.15) is 11.6 Å². The second kappa shape index (κ2) is 11.1. The highest BCUT2D eigenvalue weighted by molar-refractivity contribution is 5.69. The molecule has 3 nitrogen and oxygen atoms in total. The number of benzene rings is 3. The molecule has 0 saturated heterocycles. The molecule has 0 aromatic heterocycles. The van der Waals surface area contributed by atoms with E-state index >= 15 is 0 Å². The molecule has 4 heteroatoms. The first-order valence-corrected chi connectivity index (χ1v) is 11.0. The van der Waals surface area contributed by atoms with Gasteiger partial charge in [-0.25, -0.2) is 4.39 Å². The summed E-state index contributed by atoms with van der Waals surface area (Å²) in [4.78, 5) is 0. The predicted octanol–water partition coefficient (Wildman–Crippen LogP) is 5.65. The van der Waals surface area contributed by atoms with Crippen LogP contribution in [0.5, 0.6) is 5.75 Å². The van der Waals surface area contributed by atoms with E-state index in [9.17, 15) is 9.50 Å². The van der Waals surface area contributed by atoms with Crippen molar-refractivity contribution >= 4 is 0 Å². The standard InChI is InChI=1S/C28H31FO3/c1-4-23-17-22(15-16-30)9-13-25(23)26-14-10-21(18-27(26)29)6-5-20-7-11-24(12-8-20)32-28(31)19(2)3/h7-14,17-18,28,30-31H,2,4-6,15-16H2,1,3H3. The highest BCUT2D eigenvalue weighted by Gasteiger charge is 2.11. The summed E-state index contributed by atoms with van der Waals surface area (Å²) in [7, 11) is 0. The summed E-state index contributed by atoms with van der Waals surface area (Å²) in [5, 5.41) is 18.9. The highest BCUT2D eigenvalue weighted by atomic mass is 19.1. The van der Waals surface area contributed by atoms with Crippen molar-refractivity contribution < 1.29 is 19.3 Å². The Labute approximate surface area is 189 Å². The van der Waals surface area contributed by atoms with Crippen LogP contribution in [0.1, 0.15) is 36.1 Å². The number of aryl methyl sites for hydroxylation is 3. The van der Waals surface area contributed by atoms with E-state index in [2.05, 4.69) is 19.6 Å². The lowest BCUT2D eigenvalue weighted by Gasteiger charge is -2.14. The fourth-order valence-electron chi connectivity index (χ4n) is 3.67. The molecule has 1 unspecified atom stereocenters. The van der Waals surface area contributed by atoms with Gasteiger partial charge in [-0.3, -0.25) is 0 Å². The van der Waals surface area contributed by atoms with Crippen molar-refractivity contribution in [2.24, 2.45) is 0 Å². The fourth-order valence-corrected chi connectivity index (χ4v) is 3.67. The Bertz CT molecular complexity index is 1060. The van der Waals surface area contributed by atoms with Crippen molar-refractivity contribution in [3.63, 3.8) is 0 Å². The number of hydrogen-bond acceptors (Lipinski definition) is 3. The summed E-state index contributed by atoms with van der Waals surface area (Å²) in [6.07, 6.45) is 1.90.